The van der Waals surface area contributed by atoms with E-state index in [0.29, 0.717) is 13.2 Å². The molecule has 0 atom stereocenters. The Kier molecular flexibility index (Phi) is 3.11. The molecule has 2 rings (SSSR count). The Morgan fingerprint density at radius 2 is 2.07 bits per heavy atom. The molecule has 82 valence electrons. The predicted molar refractivity (Wildman–Crippen MR) is 57.6 cm³/mol. The maximum absolute atomic E-state index is 8.80. The van der Waals surface area contributed by atoms with Gasteiger partial charge in [-0.05, 0) is 37.0 Å². The first-order valence-corrected chi connectivity index (χ1v) is 5.32. The van der Waals surface area contributed by atoms with Crippen LogP contribution in [0.4, 0.5) is 0 Å². The predicted octanol–water partition coefficient (Wildman–Crippen LogP) is 1.69. The van der Waals surface area contributed by atoms with Crippen LogP contribution in [0.5, 0.6) is 11.5 Å². The van der Waals surface area contributed by atoms with Crippen molar-refractivity contribution in [1.29, 1.82) is 0 Å². The Hall–Kier alpha value is -1.22. The lowest BCUT2D eigenvalue weighted by Gasteiger charge is -2.21. The van der Waals surface area contributed by atoms with Crippen LogP contribution in [0.25, 0.3) is 0 Å². The molecule has 0 amide bonds. The summed E-state index contributed by atoms with van der Waals surface area (Å²) in [4.78, 5) is 0. The maximum Gasteiger partial charge on any atom is 0.164 e. The van der Waals surface area contributed by atoms with Crippen molar-refractivity contribution < 1.29 is 14.6 Å². The van der Waals surface area contributed by atoms with Crippen molar-refractivity contribution in [2.75, 3.05) is 19.8 Å². The van der Waals surface area contributed by atoms with Crippen LogP contribution in [0, 0.1) is 6.92 Å². The van der Waals surface area contributed by atoms with E-state index < -0.39 is 0 Å². The Bertz CT molecular complexity index is 347. The highest BCUT2D eigenvalue weighted by Gasteiger charge is 2.15. The van der Waals surface area contributed by atoms with Gasteiger partial charge >= 0.3 is 0 Å². The van der Waals surface area contributed by atoms with E-state index >= 15 is 0 Å². The number of aliphatic hydroxyl groups is 1. The van der Waals surface area contributed by atoms with Crippen LogP contribution in [-0.2, 0) is 6.42 Å². The van der Waals surface area contributed by atoms with Gasteiger partial charge in [0.05, 0.1) is 0 Å². The van der Waals surface area contributed by atoms with E-state index in [1.54, 1.807) is 0 Å². The molecule has 1 aromatic rings. The van der Waals surface area contributed by atoms with Gasteiger partial charge in [-0.3, -0.25) is 0 Å². The third-order valence-corrected chi connectivity index (χ3v) is 2.67. The lowest BCUT2D eigenvalue weighted by atomic mass is 10.0. The Morgan fingerprint density at radius 1 is 1.27 bits per heavy atom. The van der Waals surface area contributed by atoms with Crippen LogP contribution in [0.2, 0.25) is 0 Å². The topological polar surface area (TPSA) is 38.7 Å². The number of fused-ring (bicyclic) bond motifs is 1. The summed E-state index contributed by atoms with van der Waals surface area (Å²) in [5, 5.41) is 8.80. The van der Waals surface area contributed by atoms with Gasteiger partial charge in [0.25, 0.3) is 0 Å². The third-order valence-electron chi connectivity index (χ3n) is 2.67. The summed E-state index contributed by atoms with van der Waals surface area (Å²) in [5.74, 6) is 1.71. The molecular formula is C12H16O3. The number of ether oxygens (including phenoxy) is 2. The molecule has 15 heavy (non-hydrogen) atoms. The minimum absolute atomic E-state index is 0.230. The lowest BCUT2D eigenvalue weighted by Crippen LogP contribution is -2.16. The smallest absolute Gasteiger partial charge is 0.164 e. The zero-order valence-electron chi connectivity index (χ0n) is 8.95. The Labute approximate surface area is 89.6 Å². The summed E-state index contributed by atoms with van der Waals surface area (Å²) >= 11 is 0. The largest absolute Gasteiger partial charge is 0.486 e. The molecule has 1 N–H and O–H groups in total. The number of rotatable bonds is 3. The first-order valence-electron chi connectivity index (χ1n) is 5.32. The highest BCUT2D eigenvalue weighted by atomic mass is 16.6. The molecule has 1 aliphatic rings. The van der Waals surface area contributed by atoms with Gasteiger partial charge in [0.1, 0.15) is 13.2 Å². The van der Waals surface area contributed by atoms with Gasteiger partial charge in [-0.15, -0.1) is 0 Å². The van der Waals surface area contributed by atoms with Crippen LogP contribution in [0.3, 0.4) is 0 Å². The average Bonchev–Trinajstić information content (AvgIpc) is 2.29. The number of aliphatic hydroxyl groups excluding tert-OH is 1. The van der Waals surface area contributed by atoms with Gasteiger partial charge in [0.2, 0.25) is 0 Å². The first kappa shape index (κ1) is 10.3. The zero-order chi connectivity index (χ0) is 10.7. The fraction of sp³-hybridized carbons (Fsp3) is 0.500. The molecule has 0 spiro atoms. The Balaban J connectivity index is 2.26. The summed E-state index contributed by atoms with van der Waals surface area (Å²) in [7, 11) is 0. The van der Waals surface area contributed by atoms with Crippen LogP contribution in [0.15, 0.2) is 12.1 Å². The van der Waals surface area contributed by atoms with Crippen molar-refractivity contribution in [2.24, 2.45) is 0 Å². The molecular weight excluding hydrogens is 192 g/mol. The molecule has 0 saturated heterocycles. The van der Waals surface area contributed by atoms with E-state index in [4.69, 9.17) is 14.6 Å². The minimum atomic E-state index is 0.230. The minimum Gasteiger partial charge on any atom is -0.486 e. The number of aryl methyl sites for hydroxylation is 1. The third kappa shape index (κ3) is 2.07. The molecule has 0 bridgehead atoms. The van der Waals surface area contributed by atoms with Crippen molar-refractivity contribution in [1.82, 2.24) is 0 Å². The highest BCUT2D eigenvalue weighted by Crippen LogP contribution is 2.35. The van der Waals surface area contributed by atoms with Gasteiger partial charge in [0.15, 0.2) is 11.5 Å². The molecule has 0 saturated carbocycles. The fourth-order valence-electron chi connectivity index (χ4n) is 1.84. The van der Waals surface area contributed by atoms with Gasteiger partial charge in [-0.1, -0.05) is 6.07 Å². The standard InChI is InChI=1S/C12H16O3/c1-9-10(3-2-6-13)4-5-11-12(9)15-8-7-14-11/h4-5,13H,2-3,6-8H2,1H3. The molecule has 0 fully saturated rings. The van der Waals surface area contributed by atoms with E-state index in [9.17, 15) is 0 Å². The van der Waals surface area contributed by atoms with E-state index in [1.807, 2.05) is 13.0 Å². The van der Waals surface area contributed by atoms with E-state index in [0.717, 1.165) is 29.9 Å². The van der Waals surface area contributed by atoms with Crippen LogP contribution >= 0.6 is 0 Å². The molecule has 0 unspecified atom stereocenters. The van der Waals surface area contributed by atoms with Crippen LogP contribution < -0.4 is 9.47 Å². The van der Waals surface area contributed by atoms with Gasteiger partial charge < -0.3 is 14.6 Å². The van der Waals surface area contributed by atoms with Gasteiger partial charge in [-0.2, -0.15) is 0 Å². The van der Waals surface area contributed by atoms with Gasteiger partial charge in [-0.25, -0.2) is 0 Å². The SMILES string of the molecule is Cc1c(CCCO)ccc2c1OCCO2. The number of hydrogen-bond acceptors (Lipinski definition) is 3. The second-order valence-corrected chi connectivity index (χ2v) is 3.70. The van der Waals surface area contributed by atoms with E-state index in [1.165, 1.54) is 5.56 Å². The molecule has 1 aromatic carbocycles. The molecule has 0 radical (unpaired) electrons. The zero-order valence-corrected chi connectivity index (χ0v) is 8.95. The van der Waals surface area contributed by atoms with Crippen molar-refractivity contribution in [3.05, 3.63) is 23.3 Å². The summed E-state index contributed by atoms with van der Waals surface area (Å²) in [6.45, 7) is 3.52. The summed E-state index contributed by atoms with van der Waals surface area (Å²) < 4.78 is 11.1. The maximum atomic E-state index is 8.80. The molecule has 0 aliphatic carbocycles. The number of hydrogen-bond donors (Lipinski definition) is 1. The second-order valence-electron chi connectivity index (χ2n) is 3.70. The molecule has 3 heteroatoms. The lowest BCUT2D eigenvalue weighted by molar-refractivity contribution is 0.170. The summed E-state index contributed by atoms with van der Waals surface area (Å²) in [6, 6.07) is 4.01. The fourth-order valence-corrected chi connectivity index (χ4v) is 1.84. The van der Waals surface area contributed by atoms with Crippen LogP contribution in [-0.4, -0.2) is 24.9 Å². The highest BCUT2D eigenvalue weighted by molar-refractivity contribution is 5.50. The summed E-state index contributed by atoms with van der Waals surface area (Å²) in [5.41, 5.74) is 2.37. The second kappa shape index (κ2) is 4.53. The Morgan fingerprint density at radius 3 is 2.87 bits per heavy atom. The molecule has 3 nitrogen and oxygen atoms in total. The summed E-state index contributed by atoms with van der Waals surface area (Å²) in [6.07, 6.45) is 1.68. The van der Waals surface area contributed by atoms with Crippen molar-refractivity contribution in [3.63, 3.8) is 0 Å². The van der Waals surface area contributed by atoms with E-state index in [2.05, 4.69) is 6.07 Å². The van der Waals surface area contributed by atoms with Crippen molar-refractivity contribution in [3.8, 4) is 11.5 Å². The first-order chi connectivity index (χ1) is 7.33. The van der Waals surface area contributed by atoms with E-state index in [-0.39, 0.29) is 6.61 Å². The normalized spacial score (nSPS) is 14.0. The molecule has 0 aromatic heterocycles. The van der Waals surface area contributed by atoms with Gasteiger partial charge in [0, 0.05) is 6.61 Å². The monoisotopic (exact) mass is 208 g/mol. The quantitative estimate of drug-likeness (QED) is 0.821. The molecule has 1 aliphatic heterocycles. The van der Waals surface area contributed by atoms with Crippen molar-refractivity contribution in [2.45, 2.75) is 19.8 Å². The number of benzene rings is 1. The van der Waals surface area contributed by atoms with Crippen molar-refractivity contribution >= 4 is 0 Å². The molecule has 1 heterocycles. The van der Waals surface area contributed by atoms with Crippen LogP contribution in [0.1, 0.15) is 17.5 Å². The average molecular weight is 208 g/mol.